The van der Waals surface area contributed by atoms with Crippen molar-refractivity contribution in [3.8, 4) is 0 Å². The van der Waals surface area contributed by atoms with E-state index in [2.05, 4.69) is 5.10 Å². The maximum Gasteiger partial charge on any atom is 0.305 e. The van der Waals surface area contributed by atoms with Crippen LogP contribution in [0, 0.1) is 0 Å². The van der Waals surface area contributed by atoms with Gasteiger partial charge in [0.05, 0.1) is 23.7 Å². The van der Waals surface area contributed by atoms with Crippen molar-refractivity contribution < 1.29 is 14.7 Å². The minimum Gasteiger partial charge on any atom is -0.481 e. The Morgan fingerprint density at radius 1 is 1.20 bits per heavy atom. The molecule has 1 aromatic heterocycles. The Bertz CT molecular complexity index is 930. The van der Waals surface area contributed by atoms with Gasteiger partial charge in [-0.15, -0.1) is 0 Å². The number of aliphatic carboxylic acids is 1. The number of H-pyrrole nitrogens is 1. The van der Waals surface area contributed by atoms with Gasteiger partial charge in [0.15, 0.2) is 0 Å². The topological polar surface area (TPSA) is 112 Å². The van der Waals surface area contributed by atoms with Crippen LogP contribution in [-0.4, -0.2) is 44.3 Å². The number of benzene rings is 1. The van der Waals surface area contributed by atoms with Gasteiger partial charge in [-0.25, -0.2) is 4.68 Å². The summed E-state index contributed by atoms with van der Waals surface area (Å²) in [6.45, 7) is 0.577. The van der Waals surface area contributed by atoms with E-state index in [0.29, 0.717) is 23.7 Å². The van der Waals surface area contributed by atoms with Crippen molar-refractivity contribution in [1.82, 2.24) is 14.7 Å². The minimum atomic E-state index is -0.931. The van der Waals surface area contributed by atoms with Crippen LogP contribution >= 0.6 is 0 Å². The molecule has 1 atom stereocenters. The lowest BCUT2D eigenvalue weighted by Gasteiger charge is -2.23. The van der Waals surface area contributed by atoms with Crippen molar-refractivity contribution in [3.05, 3.63) is 45.0 Å². The lowest BCUT2D eigenvalue weighted by Crippen LogP contribution is -2.38. The highest BCUT2D eigenvalue weighted by Crippen LogP contribution is 2.21. The molecule has 2 aromatic rings. The van der Waals surface area contributed by atoms with Gasteiger partial charge in [0.25, 0.3) is 11.1 Å². The first-order valence-corrected chi connectivity index (χ1v) is 8.20. The average Bonchev–Trinajstić information content (AvgIpc) is 3.04. The van der Waals surface area contributed by atoms with Crippen LogP contribution < -0.4 is 11.1 Å². The Kier molecular flexibility index (Phi) is 4.69. The number of carbonyl (C=O) groups is 2. The van der Waals surface area contributed by atoms with E-state index in [9.17, 15) is 19.2 Å². The molecule has 1 fully saturated rings. The van der Waals surface area contributed by atoms with Crippen molar-refractivity contribution in [2.24, 2.45) is 0 Å². The molecular formula is C17H19N3O5. The second-order valence-electron chi connectivity index (χ2n) is 6.17. The molecule has 1 amide bonds. The number of aryl methyl sites for hydroxylation is 1. The number of aromatic amines is 1. The number of likely N-dealkylation sites (tertiary alicyclic amines) is 1. The number of hydrogen-bond donors (Lipinski definition) is 2. The Hall–Kier alpha value is -2.90. The first-order chi connectivity index (χ1) is 12.0. The molecule has 0 saturated carbocycles. The molecule has 8 nitrogen and oxygen atoms in total. The molecule has 3 rings (SSSR count). The Morgan fingerprint density at radius 2 is 1.92 bits per heavy atom. The molecule has 1 aromatic carbocycles. The third-order valence-electron chi connectivity index (χ3n) is 4.54. The summed E-state index contributed by atoms with van der Waals surface area (Å²) in [5.41, 5.74) is -0.737. The van der Waals surface area contributed by atoms with E-state index in [1.165, 1.54) is 0 Å². The summed E-state index contributed by atoms with van der Waals surface area (Å²) in [6.07, 6.45) is 1.41. The van der Waals surface area contributed by atoms with E-state index in [-0.39, 0.29) is 42.5 Å². The largest absolute Gasteiger partial charge is 0.481 e. The molecule has 1 aliphatic rings. The van der Waals surface area contributed by atoms with Crippen molar-refractivity contribution in [2.75, 3.05) is 6.54 Å². The average molecular weight is 345 g/mol. The molecule has 8 heteroatoms. The molecule has 1 aliphatic heterocycles. The lowest BCUT2D eigenvalue weighted by atomic mass is 10.1. The summed E-state index contributed by atoms with van der Waals surface area (Å²) in [7, 11) is 0. The molecule has 0 radical (unpaired) electrons. The highest BCUT2D eigenvalue weighted by atomic mass is 16.4. The van der Waals surface area contributed by atoms with Gasteiger partial charge in [-0.05, 0) is 25.0 Å². The molecular weight excluding hydrogens is 326 g/mol. The highest BCUT2D eigenvalue weighted by molar-refractivity contribution is 5.80. The van der Waals surface area contributed by atoms with Crippen LogP contribution in [0.2, 0.25) is 0 Å². The van der Waals surface area contributed by atoms with Crippen molar-refractivity contribution >= 4 is 22.6 Å². The fourth-order valence-electron chi connectivity index (χ4n) is 3.33. The standard InChI is InChI=1S/C17H19N3O5/c21-14(19-8-3-4-11(19)10-15(22)23)7-9-20-17(25)13-6-2-1-5-12(13)16(24)18-20/h1-2,5-6,11H,3-4,7-10H2,(H,18,24)(H,22,23). The summed E-state index contributed by atoms with van der Waals surface area (Å²) in [5, 5.41) is 12.0. The number of amides is 1. The summed E-state index contributed by atoms with van der Waals surface area (Å²) in [5.74, 6) is -1.13. The van der Waals surface area contributed by atoms with Crippen LogP contribution in [0.25, 0.3) is 10.8 Å². The second-order valence-corrected chi connectivity index (χ2v) is 6.17. The van der Waals surface area contributed by atoms with Crippen LogP contribution in [0.1, 0.15) is 25.7 Å². The number of carboxylic acids is 1. The number of hydrogen-bond acceptors (Lipinski definition) is 4. The van der Waals surface area contributed by atoms with E-state index in [0.717, 1.165) is 11.1 Å². The van der Waals surface area contributed by atoms with Gasteiger partial charge in [0.2, 0.25) is 5.91 Å². The van der Waals surface area contributed by atoms with Crippen LogP contribution in [0.4, 0.5) is 0 Å². The molecule has 25 heavy (non-hydrogen) atoms. The van der Waals surface area contributed by atoms with Gasteiger partial charge >= 0.3 is 5.97 Å². The number of carbonyl (C=O) groups excluding carboxylic acids is 1. The van der Waals surface area contributed by atoms with Gasteiger partial charge in [-0.1, -0.05) is 12.1 Å². The monoisotopic (exact) mass is 345 g/mol. The lowest BCUT2D eigenvalue weighted by molar-refractivity contribution is -0.140. The van der Waals surface area contributed by atoms with Gasteiger partial charge < -0.3 is 10.0 Å². The smallest absolute Gasteiger partial charge is 0.305 e. The van der Waals surface area contributed by atoms with Crippen LogP contribution in [0.15, 0.2) is 33.9 Å². The summed E-state index contributed by atoms with van der Waals surface area (Å²) in [4.78, 5) is 49.3. The third kappa shape index (κ3) is 3.47. The zero-order chi connectivity index (χ0) is 18.0. The van der Waals surface area contributed by atoms with Gasteiger partial charge in [-0.3, -0.25) is 24.3 Å². The predicted octanol–water partition coefficient (Wildman–Crippen LogP) is 0.546. The predicted molar refractivity (Wildman–Crippen MR) is 90.4 cm³/mol. The number of nitrogens with one attached hydrogen (secondary N) is 1. The molecule has 0 aliphatic carbocycles. The Labute approximate surface area is 142 Å². The van der Waals surface area contributed by atoms with E-state index in [1.54, 1.807) is 29.2 Å². The number of carboxylic acid groups (broad SMARTS) is 1. The fourth-order valence-corrected chi connectivity index (χ4v) is 3.33. The molecule has 1 saturated heterocycles. The van der Waals surface area contributed by atoms with Gasteiger partial charge in [0, 0.05) is 19.0 Å². The number of fused-ring (bicyclic) bond motifs is 1. The Morgan fingerprint density at radius 3 is 2.64 bits per heavy atom. The first kappa shape index (κ1) is 16.9. The maximum atomic E-state index is 12.4. The highest BCUT2D eigenvalue weighted by Gasteiger charge is 2.30. The molecule has 2 heterocycles. The normalized spacial score (nSPS) is 17.1. The van der Waals surface area contributed by atoms with Crippen LogP contribution in [0.5, 0.6) is 0 Å². The number of aromatic nitrogens is 2. The number of rotatable bonds is 5. The zero-order valence-electron chi connectivity index (χ0n) is 13.6. The van der Waals surface area contributed by atoms with E-state index in [4.69, 9.17) is 5.11 Å². The SMILES string of the molecule is O=C(O)CC1CCCN1C(=O)CCn1[nH]c(=O)c2ccccc2c1=O. The molecule has 0 spiro atoms. The van der Waals surface area contributed by atoms with Crippen molar-refractivity contribution in [1.29, 1.82) is 0 Å². The molecule has 1 unspecified atom stereocenters. The summed E-state index contributed by atoms with van der Waals surface area (Å²) in [6, 6.07) is 6.22. The van der Waals surface area contributed by atoms with Crippen molar-refractivity contribution in [2.45, 2.75) is 38.3 Å². The molecule has 132 valence electrons. The summed E-state index contributed by atoms with van der Waals surface area (Å²) < 4.78 is 1.14. The zero-order valence-corrected chi connectivity index (χ0v) is 13.6. The molecule has 2 N–H and O–H groups in total. The third-order valence-corrected chi connectivity index (χ3v) is 4.54. The van der Waals surface area contributed by atoms with Gasteiger partial charge in [-0.2, -0.15) is 0 Å². The second kappa shape index (κ2) is 6.92. The Balaban J connectivity index is 1.75. The van der Waals surface area contributed by atoms with Crippen LogP contribution in [0.3, 0.4) is 0 Å². The molecule has 0 bridgehead atoms. The van der Waals surface area contributed by atoms with E-state index < -0.39 is 5.97 Å². The van der Waals surface area contributed by atoms with E-state index >= 15 is 0 Å². The van der Waals surface area contributed by atoms with Gasteiger partial charge in [0.1, 0.15) is 0 Å². The summed E-state index contributed by atoms with van der Waals surface area (Å²) >= 11 is 0. The first-order valence-electron chi connectivity index (χ1n) is 8.20. The van der Waals surface area contributed by atoms with Crippen molar-refractivity contribution in [3.63, 3.8) is 0 Å². The van der Waals surface area contributed by atoms with Crippen LogP contribution in [-0.2, 0) is 16.1 Å². The minimum absolute atomic E-state index is 0.0320. The number of nitrogens with zero attached hydrogens (tertiary/aromatic N) is 2. The maximum absolute atomic E-state index is 12.4. The quantitative estimate of drug-likeness (QED) is 0.821. The fraction of sp³-hybridized carbons (Fsp3) is 0.412. The van der Waals surface area contributed by atoms with E-state index in [1.807, 2.05) is 0 Å².